The van der Waals surface area contributed by atoms with Crippen LogP contribution < -0.4 is 4.74 Å². The first-order valence-corrected chi connectivity index (χ1v) is 5.97. The Kier molecular flexibility index (Phi) is 3.80. The average molecular weight is 260 g/mol. The van der Waals surface area contributed by atoms with Gasteiger partial charge in [0, 0.05) is 0 Å². The van der Waals surface area contributed by atoms with Crippen LogP contribution in [0.15, 0.2) is 36.4 Å². The average Bonchev–Trinajstić information content (AvgIpc) is 2.45. The third kappa shape index (κ3) is 2.91. The Morgan fingerprint density at radius 1 is 0.842 bits per heavy atom. The third-order valence-corrected chi connectivity index (χ3v) is 3.06. The fraction of sp³-hybridized carbons (Fsp3) is 0.200. The van der Waals surface area contributed by atoms with Gasteiger partial charge in [0.1, 0.15) is 5.75 Å². The molecule has 2 aromatic rings. The molecule has 3 N–H and O–H groups in total. The maximum Gasteiger partial charge on any atom is 0.200 e. The standard InChI is InChI=1S/C15H16O4/c1-19-12-7-3-10(4-8-12)2-5-11-6-9-13(16)15(18)14(11)17/h3-4,6-9,16-18H,2,5H2,1H3. The van der Waals surface area contributed by atoms with Crippen LogP contribution in [0.5, 0.6) is 23.0 Å². The summed E-state index contributed by atoms with van der Waals surface area (Å²) in [6.07, 6.45) is 1.30. The van der Waals surface area contributed by atoms with Crippen molar-refractivity contribution >= 4 is 0 Å². The quantitative estimate of drug-likeness (QED) is 0.739. The van der Waals surface area contributed by atoms with Gasteiger partial charge in [-0.05, 0) is 42.2 Å². The Bertz CT molecular complexity index is 561. The minimum atomic E-state index is -0.466. The van der Waals surface area contributed by atoms with Gasteiger partial charge in [0.25, 0.3) is 0 Å². The zero-order valence-corrected chi connectivity index (χ0v) is 10.6. The molecule has 19 heavy (non-hydrogen) atoms. The minimum absolute atomic E-state index is 0.256. The zero-order chi connectivity index (χ0) is 13.8. The number of aromatic hydroxyl groups is 3. The summed E-state index contributed by atoms with van der Waals surface area (Å²) in [4.78, 5) is 0. The Balaban J connectivity index is 2.08. The minimum Gasteiger partial charge on any atom is -0.504 e. The molecule has 4 heteroatoms. The van der Waals surface area contributed by atoms with Gasteiger partial charge in [-0.15, -0.1) is 0 Å². The predicted molar refractivity (Wildman–Crippen MR) is 71.8 cm³/mol. The first kappa shape index (κ1) is 13.1. The molecule has 0 aliphatic rings. The van der Waals surface area contributed by atoms with E-state index < -0.39 is 5.75 Å². The highest BCUT2D eigenvalue weighted by atomic mass is 16.5. The summed E-state index contributed by atoms with van der Waals surface area (Å²) in [5.74, 6) is -0.236. The van der Waals surface area contributed by atoms with Crippen LogP contribution in [0.3, 0.4) is 0 Å². The molecule has 2 aromatic carbocycles. The number of hydrogen-bond acceptors (Lipinski definition) is 4. The molecule has 0 spiro atoms. The molecule has 0 heterocycles. The Morgan fingerprint density at radius 2 is 1.53 bits per heavy atom. The highest BCUT2D eigenvalue weighted by Gasteiger charge is 2.10. The molecule has 0 saturated carbocycles. The molecule has 0 fully saturated rings. The van der Waals surface area contributed by atoms with Crippen molar-refractivity contribution < 1.29 is 20.1 Å². The summed E-state index contributed by atoms with van der Waals surface area (Å²) in [6.45, 7) is 0. The SMILES string of the molecule is COc1ccc(CCc2ccc(O)c(O)c2O)cc1. The third-order valence-electron chi connectivity index (χ3n) is 3.06. The van der Waals surface area contributed by atoms with Crippen molar-refractivity contribution in [3.63, 3.8) is 0 Å². The van der Waals surface area contributed by atoms with Gasteiger partial charge in [-0.2, -0.15) is 0 Å². The van der Waals surface area contributed by atoms with E-state index in [9.17, 15) is 15.3 Å². The molecule has 2 rings (SSSR count). The second kappa shape index (κ2) is 5.52. The molecular weight excluding hydrogens is 244 g/mol. The van der Waals surface area contributed by atoms with Crippen LogP contribution in [0.1, 0.15) is 11.1 Å². The van der Waals surface area contributed by atoms with Gasteiger partial charge in [0.2, 0.25) is 5.75 Å². The molecule has 0 aliphatic carbocycles. The first-order valence-electron chi connectivity index (χ1n) is 5.97. The van der Waals surface area contributed by atoms with E-state index in [0.29, 0.717) is 12.0 Å². The lowest BCUT2D eigenvalue weighted by molar-refractivity contribution is 0.365. The lowest BCUT2D eigenvalue weighted by atomic mass is 10.0. The fourth-order valence-electron chi connectivity index (χ4n) is 1.88. The first-order chi connectivity index (χ1) is 9.11. The van der Waals surface area contributed by atoms with Crippen molar-refractivity contribution in [1.29, 1.82) is 0 Å². The summed E-state index contributed by atoms with van der Waals surface area (Å²) in [6, 6.07) is 10.6. The van der Waals surface area contributed by atoms with Gasteiger partial charge in [0.05, 0.1) is 7.11 Å². The highest BCUT2D eigenvalue weighted by molar-refractivity contribution is 5.53. The predicted octanol–water partition coefficient (Wildman–Crippen LogP) is 2.60. The number of phenolic OH excluding ortho intramolecular Hbond substituents is 3. The number of ether oxygens (including phenoxy) is 1. The fourth-order valence-corrected chi connectivity index (χ4v) is 1.88. The number of benzene rings is 2. The lowest BCUT2D eigenvalue weighted by Crippen LogP contribution is -1.92. The van der Waals surface area contributed by atoms with E-state index in [4.69, 9.17) is 4.74 Å². The zero-order valence-electron chi connectivity index (χ0n) is 10.6. The van der Waals surface area contributed by atoms with E-state index in [-0.39, 0.29) is 11.5 Å². The lowest BCUT2D eigenvalue weighted by Gasteiger charge is -2.08. The van der Waals surface area contributed by atoms with Crippen LogP contribution in [0, 0.1) is 0 Å². The van der Waals surface area contributed by atoms with E-state index in [0.717, 1.165) is 17.7 Å². The van der Waals surface area contributed by atoms with Crippen molar-refractivity contribution in [2.45, 2.75) is 12.8 Å². The number of methoxy groups -OCH3 is 1. The van der Waals surface area contributed by atoms with E-state index in [1.165, 1.54) is 6.07 Å². The molecule has 0 saturated heterocycles. The van der Waals surface area contributed by atoms with E-state index in [1.54, 1.807) is 13.2 Å². The normalized spacial score (nSPS) is 10.4. The van der Waals surface area contributed by atoms with Crippen molar-refractivity contribution in [2.75, 3.05) is 7.11 Å². The number of hydrogen-bond donors (Lipinski definition) is 3. The van der Waals surface area contributed by atoms with Crippen LogP contribution >= 0.6 is 0 Å². The van der Waals surface area contributed by atoms with Crippen LogP contribution in [-0.4, -0.2) is 22.4 Å². The summed E-state index contributed by atoms with van der Waals surface area (Å²) in [5, 5.41) is 28.4. The highest BCUT2D eigenvalue weighted by Crippen LogP contribution is 2.37. The van der Waals surface area contributed by atoms with Crippen LogP contribution in [0.25, 0.3) is 0 Å². The van der Waals surface area contributed by atoms with Crippen molar-refractivity contribution in [3.8, 4) is 23.0 Å². The molecule has 100 valence electrons. The molecule has 0 aromatic heterocycles. The topological polar surface area (TPSA) is 69.9 Å². The molecule has 0 unspecified atom stereocenters. The maximum atomic E-state index is 9.71. The van der Waals surface area contributed by atoms with E-state index in [1.807, 2.05) is 24.3 Å². The van der Waals surface area contributed by atoms with Gasteiger partial charge in [0.15, 0.2) is 11.5 Å². The summed E-state index contributed by atoms with van der Waals surface area (Å²) < 4.78 is 5.08. The smallest absolute Gasteiger partial charge is 0.200 e. The molecular formula is C15H16O4. The largest absolute Gasteiger partial charge is 0.504 e. The van der Waals surface area contributed by atoms with Gasteiger partial charge < -0.3 is 20.1 Å². The van der Waals surface area contributed by atoms with Gasteiger partial charge in [-0.1, -0.05) is 18.2 Å². The van der Waals surface area contributed by atoms with Crippen molar-refractivity contribution in [3.05, 3.63) is 47.5 Å². The van der Waals surface area contributed by atoms with Gasteiger partial charge in [-0.25, -0.2) is 0 Å². The monoisotopic (exact) mass is 260 g/mol. The molecule has 4 nitrogen and oxygen atoms in total. The summed E-state index contributed by atoms with van der Waals surface area (Å²) in [5.41, 5.74) is 1.71. The molecule has 0 radical (unpaired) electrons. The van der Waals surface area contributed by atoms with Crippen LogP contribution in [0.4, 0.5) is 0 Å². The molecule has 0 aliphatic heterocycles. The Labute approximate surface area is 111 Å². The van der Waals surface area contributed by atoms with E-state index in [2.05, 4.69) is 0 Å². The van der Waals surface area contributed by atoms with Gasteiger partial charge in [-0.3, -0.25) is 0 Å². The molecule has 0 bridgehead atoms. The second-order valence-corrected chi connectivity index (χ2v) is 4.29. The summed E-state index contributed by atoms with van der Waals surface area (Å²) >= 11 is 0. The molecule has 0 atom stereocenters. The van der Waals surface area contributed by atoms with Crippen molar-refractivity contribution in [2.24, 2.45) is 0 Å². The number of aryl methyl sites for hydroxylation is 2. The van der Waals surface area contributed by atoms with Crippen LogP contribution in [-0.2, 0) is 12.8 Å². The Hall–Kier alpha value is -2.36. The van der Waals surface area contributed by atoms with E-state index >= 15 is 0 Å². The maximum absolute atomic E-state index is 9.71. The number of rotatable bonds is 4. The van der Waals surface area contributed by atoms with Gasteiger partial charge >= 0.3 is 0 Å². The van der Waals surface area contributed by atoms with Crippen molar-refractivity contribution in [1.82, 2.24) is 0 Å². The second-order valence-electron chi connectivity index (χ2n) is 4.29. The molecule has 0 amide bonds. The number of phenols is 3. The summed E-state index contributed by atoms with van der Waals surface area (Å²) in [7, 11) is 1.62. The Morgan fingerprint density at radius 3 is 2.16 bits per heavy atom. The van der Waals surface area contributed by atoms with Crippen LogP contribution in [0.2, 0.25) is 0 Å².